The average Bonchev–Trinajstić information content (AvgIpc) is 3.37. The van der Waals surface area contributed by atoms with E-state index in [1.165, 1.54) is 7.11 Å². The molecule has 0 amide bonds. The molecule has 5 rings (SSSR count). The lowest BCUT2D eigenvalue weighted by Gasteiger charge is -2.46. The van der Waals surface area contributed by atoms with E-state index in [2.05, 4.69) is 29.1 Å². The number of aryl methyl sites for hydroxylation is 2. The summed E-state index contributed by atoms with van der Waals surface area (Å²) < 4.78 is 34.3. The van der Waals surface area contributed by atoms with Gasteiger partial charge in [-0.3, -0.25) is 4.72 Å². The third-order valence-corrected chi connectivity index (χ3v) is 8.97. The SMILES string of the molecule is COC(=O)c1ccc([C@@]2(C)Nc3ccc(S(=O)(=O)Nc4c(C)cccc4C)cc3[C@H]3C=CC[C@@H]32)cc1. The highest BCUT2D eigenvalue weighted by atomic mass is 32.2. The van der Waals surface area contributed by atoms with Gasteiger partial charge in [0.15, 0.2) is 0 Å². The fourth-order valence-corrected chi connectivity index (χ4v) is 6.80. The number of allylic oxidation sites excluding steroid dienone is 2. The molecule has 186 valence electrons. The number of esters is 1. The molecule has 2 N–H and O–H groups in total. The van der Waals surface area contributed by atoms with Crippen molar-refractivity contribution in [3.05, 3.63) is 101 Å². The molecule has 3 atom stereocenters. The molecule has 0 aromatic heterocycles. The van der Waals surface area contributed by atoms with Gasteiger partial charge < -0.3 is 10.1 Å². The van der Waals surface area contributed by atoms with Gasteiger partial charge in [-0.25, -0.2) is 13.2 Å². The van der Waals surface area contributed by atoms with Gasteiger partial charge in [-0.15, -0.1) is 0 Å². The number of sulfonamides is 1. The lowest BCUT2D eigenvalue weighted by atomic mass is 9.68. The van der Waals surface area contributed by atoms with Gasteiger partial charge in [0.25, 0.3) is 10.0 Å². The van der Waals surface area contributed by atoms with E-state index >= 15 is 0 Å². The molecule has 6 nitrogen and oxygen atoms in total. The molecule has 1 aliphatic heterocycles. The van der Waals surface area contributed by atoms with Gasteiger partial charge in [0.1, 0.15) is 0 Å². The van der Waals surface area contributed by atoms with Gasteiger partial charge >= 0.3 is 5.97 Å². The quantitative estimate of drug-likeness (QED) is 0.336. The summed E-state index contributed by atoms with van der Waals surface area (Å²) in [5.41, 5.74) is 5.44. The van der Waals surface area contributed by atoms with Crippen LogP contribution in [0.2, 0.25) is 0 Å². The summed E-state index contributed by atoms with van der Waals surface area (Å²) in [6.07, 6.45) is 5.22. The Morgan fingerprint density at radius 1 is 1.06 bits per heavy atom. The number of ether oxygens (including phenoxy) is 1. The lowest BCUT2D eigenvalue weighted by Crippen LogP contribution is -2.44. The van der Waals surface area contributed by atoms with Crippen LogP contribution in [0.1, 0.15) is 51.9 Å². The van der Waals surface area contributed by atoms with E-state index in [1.54, 1.807) is 24.3 Å². The molecule has 0 saturated heterocycles. The second-order valence-corrected chi connectivity index (χ2v) is 11.5. The predicted octanol–water partition coefficient (Wildman–Crippen LogP) is 5.89. The van der Waals surface area contributed by atoms with Crippen molar-refractivity contribution in [3.63, 3.8) is 0 Å². The molecule has 7 heteroatoms. The minimum atomic E-state index is -3.76. The first-order chi connectivity index (χ1) is 17.1. The minimum absolute atomic E-state index is 0.0712. The number of carbonyl (C=O) groups excluding carboxylic acids is 1. The molecular weight excluding hydrogens is 472 g/mol. The standard InChI is InChI=1S/C29H30N2O4S/c1-18-7-5-8-19(2)27(18)31-36(33,34)22-15-16-26-24(17-22)23-9-6-10-25(23)29(3,30-26)21-13-11-20(12-14-21)28(32)35-4/h5-9,11-17,23,25,30-31H,10H2,1-4H3/t23-,25+,29-/m1/s1. The van der Waals surface area contributed by atoms with Crippen LogP contribution in [0.4, 0.5) is 11.4 Å². The Bertz CT molecular complexity index is 1460. The number of anilines is 2. The number of methoxy groups -OCH3 is 1. The number of rotatable bonds is 5. The molecule has 0 fully saturated rings. The fraction of sp³-hybridized carbons (Fsp3) is 0.276. The highest BCUT2D eigenvalue weighted by Gasteiger charge is 2.46. The van der Waals surface area contributed by atoms with E-state index in [0.29, 0.717) is 11.3 Å². The molecule has 36 heavy (non-hydrogen) atoms. The summed E-state index contributed by atoms with van der Waals surface area (Å²) >= 11 is 0. The van der Waals surface area contributed by atoms with Crippen LogP contribution in [0.25, 0.3) is 0 Å². The van der Waals surface area contributed by atoms with Crippen molar-refractivity contribution in [2.75, 3.05) is 17.1 Å². The van der Waals surface area contributed by atoms with Crippen molar-refractivity contribution in [2.24, 2.45) is 5.92 Å². The summed E-state index contributed by atoms with van der Waals surface area (Å²) in [7, 11) is -2.39. The number of fused-ring (bicyclic) bond motifs is 3. The van der Waals surface area contributed by atoms with Crippen molar-refractivity contribution in [3.8, 4) is 0 Å². The summed E-state index contributed by atoms with van der Waals surface area (Å²) in [4.78, 5) is 12.1. The first-order valence-electron chi connectivity index (χ1n) is 12.0. The van der Waals surface area contributed by atoms with Gasteiger partial charge in [-0.1, -0.05) is 42.5 Å². The molecule has 0 radical (unpaired) electrons. The maximum absolute atomic E-state index is 13.4. The maximum atomic E-state index is 13.4. The van der Waals surface area contributed by atoms with Crippen LogP contribution < -0.4 is 10.0 Å². The normalized spacial score (nSPS) is 22.3. The molecule has 3 aromatic rings. The number of hydrogen-bond donors (Lipinski definition) is 2. The van der Waals surface area contributed by atoms with Crippen LogP contribution in [-0.2, 0) is 20.3 Å². The number of hydrogen-bond acceptors (Lipinski definition) is 5. The van der Waals surface area contributed by atoms with Gasteiger partial charge in [-0.2, -0.15) is 0 Å². The molecule has 1 heterocycles. The summed E-state index contributed by atoms with van der Waals surface area (Å²) in [6, 6.07) is 18.5. The number of nitrogens with one attached hydrogen (secondary N) is 2. The second kappa shape index (κ2) is 8.82. The Balaban J connectivity index is 1.50. The predicted molar refractivity (Wildman–Crippen MR) is 142 cm³/mol. The van der Waals surface area contributed by atoms with Gasteiger partial charge in [0.05, 0.1) is 28.8 Å². The maximum Gasteiger partial charge on any atom is 0.337 e. The van der Waals surface area contributed by atoms with Gasteiger partial charge in [0.2, 0.25) is 0 Å². The second-order valence-electron chi connectivity index (χ2n) is 9.81. The summed E-state index contributed by atoms with van der Waals surface area (Å²) in [5, 5.41) is 3.70. The van der Waals surface area contributed by atoms with Crippen molar-refractivity contribution in [1.29, 1.82) is 0 Å². The molecule has 0 saturated carbocycles. The van der Waals surface area contributed by atoms with E-state index in [1.807, 2.05) is 50.2 Å². The number of carbonyl (C=O) groups is 1. The number of benzene rings is 3. The zero-order valence-corrected chi connectivity index (χ0v) is 21.6. The van der Waals surface area contributed by atoms with Crippen LogP contribution in [-0.4, -0.2) is 21.5 Å². The summed E-state index contributed by atoms with van der Waals surface area (Å²) in [5.74, 6) is -0.0994. The Morgan fingerprint density at radius 3 is 2.42 bits per heavy atom. The highest BCUT2D eigenvalue weighted by Crippen LogP contribution is 2.53. The van der Waals surface area contributed by atoms with Crippen molar-refractivity contribution in [1.82, 2.24) is 0 Å². The third kappa shape index (κ3) is 3.97. The molecule has 3 aromatic carbocycles. The fourth-order valence-electron chi connectivity index (χ4n) is 5.56. The lowest BCUT2D eigenvalue weighted by molar-refractivity contribution is 0.0600. The summed E-state index contributed by atoms with van der Waals surface area (Å²) in [6.45, 7) is 5.96. The van der Waals surface area contributed by atoms with E-state index in [-0.39, 0.29) is 22.7 Å². The Morgan fingerprint density at radius 2 is 1.75 bits per heavy atom. The third-order valence-electron chi connectivity index (χ3n) is 7.62. The zero-order valence-electron chi connectivity index (χ0n) is 20.8. The topological polar surface area (TPSA) is 84.5 Å². The molecule has 1 aliphatic carbocycles. The molecule has 2 aliphatic rings. The minimum Gasteiger partial charge on any atom is -0.465 e. The highest BCUT2D eigenvalue weighted by molar-refractivity contribution is 7.92. The van der Waals surface area contributed by atoms with E-state index < -0.39 is 15.6 Å². The smallest absolute Gasteiger partial charge is 0.337 e. The van der Waals surface area contributed by atoms with Gasteiger partial charge in [-0.05, 0) is 85.7 Å². The Hall–Kier alpha value is -3.58. The Labute approximate surface area is 212 Å². The van der Waals surface area contributed by atoms with Crippen LogP contribution in [0.15, 0.2) is 77.7 Å². The monoisotopic (exact) mass is 502 g/mol. The average molecular weight is 503 g/mol. The van der Waals surface area contributed by atoms with Crippen LogP contribution in [0.5, 0.6) is 0 Å². The first kappa shape index (κ1) is 24.1. The first-order valence-corrected chi connectivity index (χ1v) is 13.5. The van der Waals surface area contributed by atoms with Crippen LogP contribution in [0.3, 0.4) is 0 Å². The molecule has 0 bridgehead atoms. The molecular formula is C29H30N2O4S. The van der Waals surface area contributed by atoms with E-state index in [4.69, 9.17) is 4.74 Å². The van der Waals surface area contributed by atoms with Crippen LogP contribution >= 0.6 is 0 Å². The molecule has 0 unspecified atom stereocenters. The number of para-hydroxylation sites is 1. The zero-order chi connectivity index (χ0) is 25.7. The van der Waals surface area contributed by atoms with E-state index in [9.17, 15) is 13.2 Å². The van der Waals surface area contributed by atoms with Crippen LogP contribution in [0, 0.1) is 19.8 Å². The molecule has 0 spiro atoms. The Kier molecular flexibility index (Phi) is 5.91. The van der Waals surface area contributed by atoms with E-state index in [0.717, 1.165) is 34.4 Å². The van der Waals surface area contributed by atoms with Gasteiger partial charge in [0, 0.05) is 11.6 Å². The van der Waals surface area contributed by atoms with Crippen molar-refractivity contribution in [2.45, 2.75) is 43.5 Å². The van der Waals surface area contributed by atoms with Crippen molar-refractivity contribution < 1.29 is 17.9 Å². The largest absolute Gasteiger partial charge is 0.465 e. The van der Waals surface area contributed by atoms with Crippen molar-refractivity contribution >= 4 is 27.4 Å².